The second-order valence-corrected chi connectivity index (χ2v) is 10.1. The molecule has 0 fully saturated rings. The summed E-state index contributed by atoms with van der Waals surface area (Å²) in [6, 6.07) is 9.71. The first-order valence-electron chi connectivity index (χ1n) is 10.1. The first-order chi connectivity index (χ1) is 15.0. The topological polar surface area (TPSA) is 95.6 Å². The van der Waals surface area contributed by atoms with Gasteiger partial charge < -0.3 is 10.2 Å². The van der Waals surface area contributed by atoms with Gasteiger partial charge in [-0.05, 0) is 42.3 Å². The standard InChI is InChI=1S/C22H27Cl2N3O4S/c1-4-5-6-11-32(30,31)26-22(29)16-8-10-20(25-15(2)28)21(12-16)27(3)14-17-7-9-18(23)13-19(17)24/h7-10,12-13H,4-6,11,14H2,1-3H3,(H,25,28)(H,26,29). The number of amides is 2. The number of anilines is 2. The second kappa shape index (κ2) is 11.5. The molecular weight excluding hydrogens is 473 g/mol. The molecule has 0 spiro atoms. The lowest BCUT2D eigenvalue weighted by molar-refractivity contribution is -0.114. The average Bonchev–Trinajstić information content (AvgIpc) is 2.69. The Hall–Kier alpha value is -2.29. The summed E-state index contributed by atoms with van der Waals surface area (Å²) in [7, 11) is -1.96. The molecule has 0 unspecified atom stereocenters. The summed E-state index contributed by atoms with van der Waals surface area (Å²) in [5.74, 6) is -1.12. The van der Waals surface area contributed by atoms with Crippen molar-refractivity contribution in [1.82, 2.24) is 4.72 Å². The third-order valence-corrected chi connectivity index (χ3v) is 6.58. The Morgan fingerprint density at radius 1 is 1.06 bits per heavy atom. The minimum Gasteiger partial charge on any atom is -0.369 e. The molecule has 2 rings (SSSR count). The van der Waals surface area contributed by atoms with Gasteiger partial charge in [0.15, 0.2) is 0 Å². The maximum Gasteiger partial charge on any atom is 0.264 e. The Labute approximate surface area is 199 Å². The number of nitrogens with one attached hydrogen (secondary N) is 2. The smallest absolute Gasteiger partial charge is 0.264 e. The van der Waals surface area contributed by atoms with Crippen LogP contribution in [0.5, 0.6) is 0 Å². The van der Waals surface area contributed by atoms with Crippen LogP contribution in [-0.4, -0.2) is 33.0 Å². The number of hydrogen-bond acceptors (Lipinski definition) is 5. The summed E-state index contributed by atoms with van der Waals surface area (Å²) in [6.07, 6.45) is 2.13. The highest BCUT2D eigenvalue weighted by Gasteiger charge is 2.19. The summed E-state index contributed by atoms with van der Waals surface area (Å²) in [5, 5.41) is 3.72. The van der Waals surface area contributed by atoms with Crippen molar-refractivity contribution in [3.8, 4) is 0 Å². The molecule has 2 aromatic rings. The lowest BCUT2D eigenvalue weighted by Crippen LogP contribution is -2.32. The van der Waals surface area contributed by atoms with E-state index in [1.165, 1.54) is 19.1 Å². The maximum absolute atomic E-state index is 12.6. The van der Waals surface area contributed by atoms with Gasteiger partial charge in [-0.2, -0.15) is 0 Å². The van der Waals surface area contributed by atoms with Gasteiger partial charge in [-0.1, -0.05) is 49.0 Å². The lowest BCUT2D eigenvalue weighted by Gasteiger charge is -2.24. The maximum atomic E-state index is 12.6. The molecule has 2 aromatic carbocycles. The van der Waals surface area contributed by atoms with Crippen molar-refractivity contribution in [3.63, 3.8) is 0 Å². The number of nitrogens with zero attached hydrogens (tertiary/aromatic N) is 1. The van der Waals surface area contributed by atoms with E-state index in [4.69, 9.17) is 23.2 Å². The Morgan fingerprint density at radius 2 is 1.78 bits per heavy atom. The lowest BCUT2D eigenvalue weighted by atomic mass is 10.1. The first kappa shape index (κ1) is 26.0. The Bertz CT molecular complexity index is 1090. The van der Waals surface area contributed by atoms with E-state index in [0.717, 1.165) is 18.4 Å². The highest BCUT2D eigenvalue weighted by atomic mass is 35.5. The predicted octanol–water partition coefficient (Wildman–Crippen LogP) is 4.84. The summed E-state index contributed by atoms with van der Waals surface area (Å²) < 4.78 is 26.5. The van der Waals surface area contributed by atoms with Crippen molar-refractivity contribution in [2.75, 3.05) is 23.0 Å². The number of carbonyl (C=O) groups is 2. The van der Waals surface area contributed by atoms with Gasteiger partial charge in [-0.25, -0.2) is 13.1 Å². The van der Waals surface area contributed by atoms with Crippen LogP contribution in [-0.2, 0) is 21.4 Å². The number of hydrogen-bond donors (Lipinski definition) is 2. The molecule has 0 saturated carbocycles. The summed E-state index contributed by atoms with van der Waals surface area (Å²) in [6.45, 7) is 3.71. The number of carbonyl (C=O) groups excluding carboxylic acids is 2. The zero-order chi connectivity index (χ0) is 23.9. The molecule has 0 radical (unpaired) electrons. The fraction of sp³-hybridized carbons (Fsp3) is 0.364. The molecule has 10 heteroatoms. The van der Waals surface area contributed by atoms with Gasteiger partial charge >= 0.3 is 0 Å². The minimum atomic E-state index is -3.73. The van der Waals surface area contributed by atoms with E-state index in [1.54, 1.807) is 36.2 Å². The van der Waals surface area contributed by atoms with Gasteiger partial charge in [0.25, 0.3) is 5.91 Å². The van der Waals surface area contributed by atoms with Crippen LogP contribution in [0.4, 0.5) is 11.4 Å². The van der Waals surface area contributed by atoms with E-state index in [0.29, 0.717) is 34.4 Å². The molecule has 174 valence electrons. The number of sulfonamides is 1. The van der Waals surface area contributed by atoms with E-state index in [-0.39, 0.29) is 17.2 Å². The molecule has 7 nitrogen and oxygen atoms in total. The Kier molecular flexibility index (Phi) is 9.36. The molecule has 0 saturated heterocycles. The molecule has 0 heterocycles. The van der Waals surface area contributed by atoms with Crippen LogP contribution in [0.1, 0.15) is 49.0 Å². The average molecular weight is 500 g/mol. The van der Waals surface area contributed by atoms with Crippen molar-refractivity contribution >= 4 is 56.4 Å². The van der Waals surface area contributed by atoms with Crippen LogP contribution >= 0.6 is 23.2 Å². The fourth-order valence-corrected chi connectivity index (χ4v) is 4.62. The van der Waals surface area contributed by atoms with Gasteiger partial charge in [-0.3, -0.25) is 9.59 Å². The van der Waals surface area contributed by atoms with E-state index in [2.05, 4.69) is 10.0 Å². The van der Waals surface area contributed by atoms with Crippen molar-refractivity contribution in [2.24, 2.45) is 0 Å². The zero-order valence-corrected chi connectivity index (χ0v) is 20.6. The van der Waals surface area contributed by atoms with E-state index in [9.17, 15) is 18.0 Å². The van der Waals surface area contributed by atoms with Crippen LogP contribution in [0.3, 0.4) is 0 Å². The number of unbranched alkanes of at least 4 members (excludes halogenated alkanes) is 2. The largest absolute Gasteiger partial charge is 0.369 e. The van der Waals surface area contributed by atoms with Crippen molar-refractivity contribution in [1.29, 1.82) is 0 Å². The normalized spacial score (nSPS) is 11.2. The van der Waals surface area contributed by atoms with Crippen LogP contribution in [0.2, 0.25) is 10.0 Å². The minimum absolute atomic E-state index is 0.113. The summed E-state index contributed by atoms with van der Waals surface area (Å²) in [5.41, 5.74) is 1.96. The molecule has 0 aliphatic rings. The molecule has 0 atom stereocenters. The van der Waals surface area contributed by atoms with Crippen LogP contribution < -0.4 is 14.9 Å². The number of benzene rings is 2. The van der Waals surface area contributed by atoms with E-state index < -0.39 is 15.9 Å². The Morgan fingerprint density at radius 3 is 2.41 bits per heavy atom. The first-order valence-corrected chi connectivity index (χ1v) is 12.5. The predicted molar refractivity (Wildman–Crippen MR) is 130 cm³/mol. The number of rotatable bonds is 10. The van der Waals surface area contributed by atoms with Crippen molar-refractivity contribution in [3.05, 3.63) is 57.6 Å². The highest BCUT2D eigenvalue weighted by Crippen LogP contribution is 2.30. The van der Waals surface area contributed by atoms with Crippen molar-refractivity contribution in [2.45, 2.75) is 39.7 Å². The van der Waals surface area contributed by atoms with Crippen LogP contribution in [0.15, 0.2) is 36.4 Å². The van der Waals surface area contributed by atoms with E-state index >= 15 is 0 Å². The van der Waals surface area contributed by atoms with Gasteiger partial charge in [0.1, 0.15) is 0 Å². The van der Waals surface area contributed by atoms with Gasteiger partial charge in [0.05, 0.1) is 17.1 Å². The van der Waals surface area contributed by atoms with Crippen LogP contribution in [0.25, 0.3) is 0 Å². The van der Waals surface area contributed by atoms with Gasteiger partial charge in [0, 0.05) is 36.1 Å². The zero-order valence-electron chi connectivity index (χ0n) is 18.2. The van der Waals surface area contributed by atoms with Crippen LogP contribution in [0, 0.1) is 0 Å². The SMILES string of the molecule is CCCCCS(=O)(=O)NC(=O)c1ccc(NC(C)=O)c(N(C)Cc2ccc(Cl)cc2Cl)c1. The molecule has 0 aliphatic carbocycles. The summed E-state index contributed by atoms with van der Waals surface area (Å²) in [4.78, 5) is 26.1. The molecule has 2 amide bonds. The summed E-state index contributed by atoms with van der Waals surface area (Å²) >= 11 is 12.2. The quantitative estimate of drug-likeness (QED) is 0.456. The second-order valence-electron chi connectivity index (χ2n) is 7.46. The third-order valence-electron chi connectivity index (χ3n) is 4.67. The molecule has 2 N–H and O–H groups in total. The monoisotopic (exact) mass is 499 g/mol. The van der Waals surface area contributed by atoms with Gasteiger partial charge in [-0.15, -0.1) is 0 Å². The number of halogens is 2. The Balaban J connectivity index is 2.30. The molecule has 0 aliphatic heterocycles. The van der Waals surface area contributed by atoms with Gasteiger partial charge in [0.2, 0.25) is 15.9 Å². The fourth-order valence-electron chi connectivity index (χ4n) is 3.07. The highest BCUT2D eigenvalue weighted by molar-refractivity contribution is 7.90. The third kappa shape index (κ3) is 7.69. The molecular formula is C22H27Cl2N3O4S. The van der Waals surface area contributed by atoms with E-state index in [1.807, 2.05) is 6.92 Å². The molecule has 0 aromatic heterocycles. The molecule has 32 heavy (non-hydrogen) atoms. The molecule has 0 bridgehead atoms. The van der Waals surface area contributed by atoms with Crippen molar-refractivity contribution < 1.29 is 18.0 Å².